The van der Waals surface area contributed by atoms with Crippen LogP contribution in [-0.2, 0) is 16.0 Å². The largest absolute Gasteiger partial charge is 0.341 e. The number of rotatable bonds is 5. The lowest BCUT2D eigenvalue weighted by Crippen LogP contribution is -2.45. The lowest BCUT2D eigenvalue weighted by atomic mass is 9.90. The molecule has 1 fully saturated rings. The Kier molecular flexibility index (Phi) is 6.44. The van der Waals surface area contributed by atoms with E-state index in [0.29, 0.717) is 17.2 Å². The maximum atomic E-state index is 12.8. The Morgan fingerprint density at radius 2 is 1.71 bits per heavy atom. The normalized spacial score (nSPS) is 14.4. The lowest BCUT2D eigenvalue weighted by molar-refractivity contribution is -0.132. The van der Waals surface area contributed by atoms with Gasteiger partial charge in [-0.25, -0.2) is 0 Å². The SMILES string of the molecule is CC(=O)N(CC(=O)N1CCC(Cc2ccccc2)CC1)c1ccc(C#N)cc1. The highest BCUT2D eigenvalue weighted by molar-refractivity contribution is 5.97. The van der Waals surface area contributed by atoms with Crippen molar-refractivity contribution in [1.82, 2.24) is 4.90 Å². The predicted molar refractivity (Wildman–Crippen MR) is 109 cm³/mol. The van der Waals surface area contributed by atoms with Gasteiger partial charge < -0.3 is 9.80 Å². The zero-order valence-corrected chi connectivity index (χ0v) is 16.2. The molecule has 0 radical (unpaired) electrons. The van der Waals surface area contributed by atoms with Crippen molar-refractivity contribution in [3.05, 3.63) is 65.7 Å². The van der Waals surface area contributed by atoms with Crippen LogP contribution in [0, 0.1) is 17.2 Å². The van der Waals surface area contributed by atoms with Crippen molar-refractivity contribution >= 4 is 17.5 Å². The monoisotopic (exact) mass is 375 g/mol. The first kappa shape index (κ1) is 19.6. The zero-order valence-electron chi connectivity index (χ0n) is 16.2. The molecular formula is C23H25N3O2. The van der Waals surface area contributed by atoms with Crippen LogP contribution in [0.25, 0.3) is 0 Å². The third-order valence-corrected chi connectivity index (χ3v) is 5.32. The van der Waals surface area contributed by atoms with Crippen LogP contribution in [0.4, 0.5) is 5.69 Å². The summed E-state index contributed by atoms with van der Waals surface area (Å²) < 4.78 is 0. The average Bonchev–Trinajstić information content (AvgIpc) is 2.73. The van der Waals surface area contributed by atoms with Crippen molar-refractivity contribution in [3.63, 3.8) is 0 Å². The molecule has 0 N–H and O–H groups in total. The number of benzene rings is 2. The Labute approximate surface area is 166 Å². The van der Waals surface area contributed by atoms with Gasteiger partial charge in [0, 0.05) is 25.7 Å². The second-order valence-corrected chi connectivity index (χ2v) is 7.28. The molecule has 28 heavy (non-hydrogen) atoms. The average molecular weight is 375 g/mol. The summed E-state index contributed by atoms with van der Waals surface area (Å²) in [7, 11) is 0. The number of likely N-dealkylation sites (tertiary alicyclic amines) is 1. The highest BCUT2D eigenvalue weighted by Gasteiger charge is 2.25. The summed E-state index contributed by atoms with van der Waals surface area (Å²) in [6.45, 7) is 2.95. The molecule has 2 aromatic carbocycles. The van der Waals surface area contributed by atoms with Gasteiger partial charge in [0.25, 0.3) is 0 Å². The maximum absolute atomic E-state index is 12.8. The second kappa shape index (κ2) is 9.18. The number of carbonyl (C=O) groups is 2. The van der Waals surface area contributed by atoms with Crippen molar-refractivity contribution in [3.8, 4) is 6.07 Å². The summed E-state index contributed by atoms with van der Waals surface area (Å²) in [4.78, 5) is 28.2. The van der Waals surface area contributed by atoms with E-state index in [1.165, 1.54) is 17.4 Å². The molecule has 1 heterocycles. The molecule has 2 aromatic rings. The third-order valence-electron chi connectivity index (χ3n) is 5.32. The summed E-state index contributed by atoms with van der Waals surface area (Å²) in [6, 6.07) is 19.2. The van der Waals surface area contributed by atoms with E-state index in [2.05, 4.69) is 30.3 Å². The van der Waals surface area contributed by atoms with Crippen molar-refractivity contribution in [2.45, 2.75) is 26.2 Å². The molecule has 0 saturated carbocycles. The van der Waals surface area contributed by atoms with Crippen molar-refractivity contribution < 1.29 is 9.59 Å². The van der Waals surface area contributed by atoms with Gasteiger partial charge in [0.15, 0.2) is 0 Å². The quantitative estimate of drug-likeness (QED) is 0.805. The van der Waals surface area contributed by atoms with Gasteiger partial charge in [0.1, 0.15) is 6.54 Å². The minimum Gasteiger partial charge on any atom is -0.341 e. The van der Waals surface area contributed by atoms with Crippen LogP contribution in [0.3, 0.4) is 0 Å². The third kappa shape index (κ3) is 4.98. The molecule has 2 amide bonds. The fourth-order valence-electron chi connectivity index (χ4n) is 3.67. The van der Waals surface area contributed by atoms with E-state index in [0.717, 1.165) is 32.4 Å². The van der Waals surface area contributed by atoms with Crippen molar-refractivity contribution in [1.29, 1.82) is 5.26 Å². The summed E-state index contributed by atoms with van der Waals surface area (Å²) in [5, 5.41) is 8.92. The van der Waals surface area contributed by atoms with Gasteiger partial charge in [-0.15, -0.1) is 0 Å². The number of nitrogens with zero attached hydrogens (tertiary/aromatic N) is 3. The summed E-state index contributed by atoms with van der Waals surface area (Å²) >= 11 is 0. The van der Waals surface area contributed by atoms with Crippen molar-refractivity contribution in [2.75, 3.05) is 24.5 Å². The number of carbonyl (C=O) groups excluding carboxylic acids is 2. The molecule has 1 aliphatic rings. The molecular weight excluding hydrogens is 350 g/mol. The van der Waals surface area contributed by atoms with Gasteiger partial charge in [-0.3, -0.25) is 9.59 Å². The standard InChI is InChI=1S/C23H25N3O2/c1-18(27)26(22-9-7-21(16-24)8-10-22)17-23(28)25-13-11-20(12-14-25)15-19-5-3-2-4-6-19/h2-10,20H,11-15,17H2,1H3. The molecule has 0 atom stereocenters. The maximum Gasteiger partial charge on any atom is 0.242 e. The Bertz CT molecular complexity index is 848. The van der Waals surface area contributed by atoms with Crippen LogP contribution in [0.1, 0.15) is 30.9 Å². The van der Waals surface area contributed by atoms with E-state index in [1.54, 1.807) is 24.3 Å². The highest BCUT2D eigenvalue weighted by atomic mass is 16.2. The number of amides is 2. The molecule has 5 nitrogen and oxygen atoms in total. The first-order valence-corrected chi connectivity index (χ1v) is 9.67. The van der Waals surface area contributed by atoms with E-state index in [-0.39, 0.29) is 18.4 Å². The molecule has 144 valence electrons. The molecule has 0 unspecified atom stereocenters. The number of hydrogen-bond donors (Lipinski definition) is 0. The number of hydrogen-bond acceptors (Lipinski definition) is 3. The molecule has 0 bridgehead atoms. The Balaban J connectivity index is 1.56. The number of piperidine rings is 1. The van der Waals surface area contributed by atoms with E-state index in [1.807, 2.05) is 11.0 Å². The second-order valence-electron chi connectivity index (χ2n) is 7.28. The van der Waals surface area contributed by atoms with E-state index in [4.69, 9.17) is 5.26 Å². The fraction of sp³-hybridized carbons (Fsp3) is 0.348. The first-order valence-electron chi connectivity index (χ1n) is 9.67. The molecule has 0 aliphatic carbocycles. The topological polar surface area (TPSA) is 64.4 Å². The molecule has 0 aromatic heterocycles. The Morgan fingerprint density at radius 1 is 1.07 bits per heavy atom. The number of nitriles is 1. The van der Waals surface area contributed by atoms with Crippen LogP contribution in [-0.4, -0.2) is 36.3 Å². The Hall–Kier alpha value is -3.13. The Morgan fingerprint density at radius 3 is 2.29 bits per heavy atom. The minimum absolute atomic E-state index is 0.0299. The minimum atomic E-state index is -0.183. The molecule has 1 saturated heterocycles. The van der Waals surface area contributed by atoms with Crippen LogP contribution in [0.2, 0.25) is 0 Å². The van der Waals surface area contributed by atoms with Gasteiger partial charge in [-0.1, -0.05) is 30.3 Å². The highest BCUT2D eigenvalue weighted by Crippen LogP contribution is 2.22. The van der Waals surface area contributed by atoms with E-state index in [9.17, 15) is 9.59 Å². The lowest BCUT2D eigenvalue weighted by Gasteiger charge is -2.33. The first-order chi connectivity index (χ1) is 13.6. The summed E-state index contributed by atoms with van der Waals surface area (Å²) in [6.07, 6.45) is 3.02. The van der Waals surface area contributed by atoms with Crippen LogP contribution in [0.15, 0.2) is 54.6 Å². The molecule has 3 rings (SSSR count). The summed E-state index contributed by atoms with van der Waals surface area (Å²) in [5.74, 6) is 0.378. The van der Waals surface area contributed by atoms with Crippen LogP contribution in [0.5, 0.6) is 0 Å². The predicted octanol–water partition coefficient (Wildman–Crippen LogP) is 3.39. The fourth-order valence-corrected chi connectivity index (χ4v) is 3.67. The van der Waals surface area contributed by atoms with Crippen LogP contribution < -0.4 is 4.90 Å². The number of anilines is 1. The van der Waals surface area contributed by atoms with E-state index < -0.39 is 0 Å². The smallest absolute Gasteiger partial charge is 0.242 e. The van der Waals surface area contributed by atoms with Gasteiger partial charge in [0.2, 0.25) is 11.8 Å². The zero-order chi connectivity index (χ0) is 19.9. The van der Waals surface area contributed by atoms with Gasteiger partial charge in [-0.2, -0.15) is 5.26 Å². The molecule has 0 spiro atoms. The molecule has 1 aliphatic heterocycles. The van der Waals surface area contributed by atoms with Gasteiger partial charge in [0.05, 0.1) is 11.6 Å². The van der Waals surface area contributed by atoms with Gasteiger partial charge >= 0.3 is 0 Å². The van der Waals surface area contributed by atoms with Gasteiger partial charge in [-0.05, 0) is 55.0 Å². The summed E-state index contributed by atoms with van der Waals surface area (Å²) in [5.41, 5.74) is 2.51. The van der Waals surface area contributed by atoms with Crippen molar-refractivity contribution in [2.24, 2.45) is 5.92 Å². The van der Waals surface area contributed by atoms with E-state index >= 15 is 0 Å². The molecule has 5 heteroatoms. The van der Waals surface area contributed by atoms with Crippen LogP contribution >= 0.6 is 0 Å².